The van der Waals surface area contributed by atoms with Crippen LogP contribution in [0.25, 0.3) is 10.8 Å². The van der Waals surface area contributed by atoms with E-state index < -0.39 is 45.9 Å². The molecule has 5 rings (SSSR count). The van der Waals surface area contributed by atoms with Crippen LogP contribution in [0.4, 0.5) is 0 Å². The van der Waals surface area contributed by atoms with Crippen molar-refractivity contribution in [3.05, 3.63) is 17.2 Å². The number of aliphatic hydroxyl groups is 2. The molecule has 0 amide bonds. The Balaban J connectivity index is 1.80. The van der Waals surface area contributed by atoms with Crippen molar-refractivity contribution in [3.8, 4) is 28.7 Å². The number of likely N-dealkylation sites (N-methyl/N-ethyl adjacent to an activating group) is 1. The number of aromatic hydroxyl groups is 3. The van der Waals surface area contributed by atoms with E-state index in [0.29, 0.717) is 6.54 Å². The molecule has 1 unspecified atom stereocenters. The van der Waals surface area contributed by atoms with E-state index in [4.69, 9.17) is 9.47 Å². The number of hydrogen-bond donors (Lipinski definition) is 5. The fourth-order valence-corrected chi connectivity index (χ4v) is 5.83. The number of phenolic OH excluding ortho intramolecular Hbond substituents is 3. The number of hydrogen-bond acceptors (Lipinski definition) is 10. The number of nitrogens with zero attached hydrogens (tertiary/aromatic N) is 1. The van der Waals surface area contributed by atoms with E-state index >= 15 is 0 Å². The van der Waals surface area contributed by atoms with Crippen molar-refractivity contribution < 1.29 is 44.6 Å². The third-order valence-electron chi connectivity index (χ3n) is 7.49. The van der Waals surface area contributed by atoms with Gasteiger partial charge in [-0.1, -0.05) is 0 Å². The van der Waals surface area contributed by atoms with Gasteiger partial charge in [-0.15, -0.1) is 0 Å². The summed E-state index contributed by atoms with van der Waals surface area (Å²) >= 11 is 0. The molecule has 2 aromatic rings. The van der Waals surface area contributed by atoms with Crippen LogP contribution >= 0.6 is 0 Å². The fourth-order valence-electron chi connectivity index (χ4n) is 5.83. The first-order valence-corrected chi connectivity index (χ1v) is 10.6. The highest BCUT2D eigenvalue weighted by atomic mass is 16.5. The predicted octanol–water partition coefficient (Wildman–Crippen LogP) is 0.772. The molecule has 176 valence electrons. The van der Waals surface area contributed by atoms with Gasteiger partial charge in [0.05, 0.1) is 36.8 Å². The maximum absolute atomic E-state index is 13.4. The number of benzene rings is 2. The lowest BCUT2D eigenvalue weighted by molar-refractivity contribution is -0.167. The molecule has 0 bridgehead atoms. The van der Waals surface area contributed by atoms with Crippen LogP contribution in [0.3, 0.4) is 0 Å². The van der Waals surface area contributed by atoms with Gasteiger partial charge in [0.2, 0.25) is 5.75 Å². The summed E-state index contributed by atoms with van der Waals surface area (Å²) in [6, 6.07) is 0.920. The van der Waals surface area contributed by atoms with E-state index in [9.17, 15) is 35.1 Å². The average molecular weight is 459 g/mol. The van der Waals surface area contributed by atoms with Crippen molar-refractivity contribution in [2.24, 2.45) is 5.92 Å². The first-order chi connectivity index (χ1) is 15.5. The summed E-state index contributed by atoms with van der Waals surface area (Å²) < 4.78 is 10.5. The normalized spacial score (nSPS) is 32.9. The largest absolute Gasteiger partial charge is 0.506 e. The molecule has 2 aromatic carbocycles. The zero-order chi connectivity index (χ0) is 24.0. The van der Waals surface area contributed by atoms with E-state index in [-0.39, 0.29) is 58.7 Å². The minimum absolute atomic E-state index is 0.0104. The quantitative estimate of drug-likeness (QED) is 0.415. The Kier molecular flexibility index (Phi) is 4.43. The molecule has 0 spiro atoms. The second kappa shape index (κ2) is 6.72. The van der Waals surface area contributed by atoms with E-state index in [1.54, 1.807) is 0 Å². The van der Waals surface area contributed by atoms with Gasteiger partial charge in [-0.3, -0.25) is 14.5 Å². The molecule has 10 heteroatoms. The summed E-state index contributed by atoms with van der Waals surface area (Å²) in [6.07, 6.45) is -0.605. The first kappa shape index (κ1) is 21.7. The summed E-state index contributed by atoms with van der Waals surface area (Å²) in [6.45, 7) is 0.606. The Morgan fingerprint density at radius 1 is 1.06 bits per heavy atom. The van der Waals surface area contributed by atoms with E-state index in [0.717, 1.165) is 6.07 Å². The summed E-state index contributed by atoms with van der Waals surface area (Å²) in [5.41, 5.74) is -4.12. The maximum atomic E-state index is 13.4. The van der Waals surface area contributed by atoms with Crippen molar-refractivity contribution in [2.45, 2.75) is 36.5 Å². The number of ketones is 2. The zero-order valence-electron chi connectivity index (χ0n) is 18.4. The average Bonchev–Trinajstić information content (AvgIpc) is 3.48. The van der Waals surface area contributed by atoms with Crippen LogP contribution in [0.5, 0.6) is 28.7 Å². The number of methoxy groups -OCH3 is 2. The van der Waals surface area contributed by atoms with Crippen LogP contribution in [0.2, 0.25) is 0 Å². The summed E-state index contributed by atoms with van der Waals surface area (Å²) in [7, 11) is 4.28. The summed E-state index contributed by atoms with van der Waals surface area (Å²) in [4.78, 5) is 28.5. The molecule has 0 radical (unpaired) electrons. The van der Waals surface area contributed by atoms with Gasteiger partial charge >= 0.3 is 0 Å². The van der Waals surface area contributed by atoms with Crippen molar-refractivity contribution in [3.63, 3.8) is 0 Å². The Labute approximate surface area is 188 Å². The van der Waals surface area contributed by atoms with Crippen molar-refractivity contribution in [2.75, 3.05) is 27.8 Å². The smallest absolute Gasteiger partial charge is 0.203 e. The maximum Gasteiger partial charge on any atom is 0.203 e. The van der Waals surface area contributed by atoms with Gasteiger partial charge in [0, 0.05) is 36.3 Å². The van der Waals surface area contributed by atoms with E-state index in [1.807, 2.05) is 11.9 Å². The highest BCUT2D eigenvalue weighted by molar-refractivity contribution is 6.14. The molecule has 1 saturated heterocycles. The van der Waals surface area contributed by atoms with Crippen molar-refractivity contribution in [1.29, 1.82) is 0 Å². The third-order valence-corrected chi connectivity index (χ3v) is 7.49. The number of phenols is 3. The Hall–Kier alpha value is -3.08. The van der Waals surface area contributed by atoms with Gasteiger partial charge in [-0.25, -0.2) is 0 Å². The zero-order valence-corrected chi connectivity index (χ0v) is 18.4. The van der Waals surface area contributed by atoms with Crippen LogP contribution in [0.15, 0.2) is 6.07 Å². The number of carbonyl (C=O) groups excluding carboxylic acids is 2. The molecule has 5 N–H and O–H groups in total. The second-order valence-electron chi connectivity index (χ2n) is 9.29. The Morgan fingerprint density at radius 2 is 1.70 bits per heavy atom. The molecule has 33 heavy (non-hydrogen) atoms. The lowest BCUT2D eigenvalue weighted by atomic mass is 9.58. The second-order valence-corrected chi connectivity index (χ2v) is 9.29. The summed E-state index contributed by atoms with van der Waals surface area (Å²) in [5.74, 6) is -4.37. The summed E-state index contributed by atoms with van der Waals surface area (Å²) in [5, 5.41) is 54.8. The van der Waals surface area contributed by atoms with Crippen molar-refractivity contribution in [1.82, 2.24) is 4.90 Å². The first-order valence-electron chi connectivity index (χ1n) is 10.6. The molecule has 1 aliphatic heterocycles. The Morgan fingerprint density at radius 3 is 2.27 bits per heavy atom. The molecule has 1 saturated carbocycles. The molecule has 2 fully saturated rings. The van der Waals surface area contributed by atoms with Gasteiger partial charge in [0.1, 0.15) is 11.5 Å². The van der Waals surface area contributed by atoms with Gasteiger partial charge < -0.3 is 35.0 Å². The van der Waals surface area contributed by atoms with Crippen LogP contribution in [0, 0.1) is 5.92 Å². The van der Waals surface area contributed by atoms with Crippen LogP contribution in [0.1, 0.15) is 35.2 Å². The molecular weight excluding hydrogens is 434 g/mol. The molecule has 2 aliphatic carbocycles. The van der Waals surface area contributed by atoms with Gasteiger partial charge in [-0.2, -0.15) is 0 Å². The van der Waals surface area contributed by atoms with E-state index in [1.165, 1.54) is 14.2 Å². The number of Topliss-reactive ketones (excluding diaryl/α,β-unsaturated/α-hetero) is 2. The Bertz CT molecular complexity index is 1240. The standard InChI is InChI=1S/C23H25NO9/c1-24-8-13(24)22(30)6-9-4-11(25)16-17(23(9,31)14(27)7-22)20(32-2)10-5-12(26)21(33-3)19(29)15(10)18(16)28/h5,9,13,26,28-31H,4,6-8H2,1-3H3/t9-,13-,22-,23+,24?/m1/s1. The minimum Gasteiger partial charge on any atom is -0.506 e. The number of ether oxygens (including phenoxy) is 2. The highest BCUT2D eigenvalue weighted by Gasteiger charge is 2.63. The molecule has 0 aromatic heterocycles. The van der Waals surface area contributed by atoms with E-state index in [2.05, 4.69) is 0 Å². The fraction of sp³-hybridized carbons (Fsp3) is 0.478. The predicted molar refractivity (Wildman–Crippen MR) is 114 cm³/mol. The number of carbonyl (C=O) groups is 2. The molecule has 3 aliphatic rings. The SMILES string of the molecule is COc1c(O)cc2c(OC)c3c(c(O)c2c1O)C(=O)C[C@@H]1C[C@](O)([C@H]2CN2C)CC(=O)[C@]31O. The lowest BCUT2D eigenvalue weighted by Crippen LogP contribution is -2.59. The van der Waals surface area contributed by atoms with Gasteiger partial charge in [0.15, 0.2) is 28.7 Å². The topological polar surface area (TPSA) is 157 Å². The number of rotatable bonds is 3. The molecule has 1 heterocycles. The lowest BCUT2D eigenvalue weighted by Gasteiger charge is -2.48. The monoisotopic (exact) mass is 459 g/mol. The third kappa shape index (κ3) is 2.65. The minimum atomic E-state index is -2.20. The molecule has 10 nitrogen and oxygen atoms in total. The highest BCUT2D eigenvalue weighted by Crippen LogP contribution is 2.59. The van der Waals surface area contributed by atoms with Gasteiger partial charge in [-0.05, 0) is 19.5 Å². The van der Waals surface area contributed by atoms with Gasteiger partial charge in [0.25, 0.3) is 0 Å². The van der Waals surface area contributed by atoms with Crippen molar-refractivity contribution >= 4 is 22.3 Å². The molecule has 5 atom stereocenters. The number of fused-ring (bicyclic) bond motifs is 4. The van der Waals surface area contributed by atoms with Crippen LogP contribution in [-0.4, -0.2) is 81.5 Å². The van der Waals surface area contributed by atoms with Crippen LogP contribution in [-0.2, 0) is 10.4 Å². The molecular formula is C23H25NO9. The van der Waals surface area contributed by atoms with Crippen LogP contribution < -0.4 is 9.47 Å².